The summed E-state index contributed by atoms with van der Waals surface area (Å²) in [6.07, 6.45) is 3.84. The second kappa shape index (κ2) is 6.83. The topological polar surface area (TPSA) is 48.4 Å². The summed E-state index contributed by atoms with van der Waals surface area (Å²) in [5.41, 5.74) is 0.593. The van der Waals surface area contributed by atoms with Crippen LogP contribution in [-0.2, 0) is 0 Å². The summed E-state index contributed by atoms with van der Waals surface area (Å²) in [6, 6.07) is 5.70. The number of benzene rings is 1. The maximum atomic E-state index is 13.7. The third-order valence-electron chi connectivity index (χ3n) is 2.86. The van der Waals surface area contributed by atoms with Gasteiger partial charge < -0.3 is 9.47 Å². The highest BCUT2D eigenvalue weighted by Crippen LogP contribution is 2.21. The molecule has 1 aromatic carbocycles. The van der Waals surface area contributed by atoms with Crippen LogP contribution in [0.2, 0.25) is 0 Å². The smallest absolute Gasteiger partial charge is 0.194 e. The van der Waals surface area contributed by atoms with Crippen LogP contribution >= 0.6 is 0 Å². The van der Waals surface area contributed by atoms with E-state index in [9.17, 15) is 9.18 Å². The summed E-state index contributed by atoms with van der Waals surface area (Å²) in [5, 5.41) is 0. The van der Waals surface area contributed by atoms with Crippen molar-refractivity contribution in [2.75, 3.05) is 13.7 Å². The minimum Gasteiger partial charge on any atom is -0.494 e. The van der Waals surface area contributed by atoms with Gasteiger partial charge >= 0.3 is 0 Å². The van der Waals surface area contributed by atoms with Crippen LogP contribution in [0.5, 0.6) is 11.5 Å². The molecule has 0 atom stereocenters. The largest absolute Gasteiger partial charge is 0.494 e. The first-order chi connectivity index (χ1) is 10.2. The van der Waals surface area contributed by atoms with Gasteiger partial charge in [0.05, 0.1) is 19.9 Å². The van der Waals surface area contributed by atoms with Crippen LogP contribution in [0.3, 0.4) is 0 Å². The van der Waals surface area contributed by atoms with Gasteiger partial charge in [-0.2, -0.15) is 0 Å². The number of pyridine rings is 1. The van der Waals surface area contributed by atoms with E-state index in [1.807, 2.05) is 6.92 Å². The van der Waals surface area contributed by atoms with Crippen molar-refractivity contribution in [3.63, 3.8) is 0 Å². The second-order valence-electron chi connectivity index (χ2n) is 4.44. The first kappa shape index (κ1) is 15.0. The molecule has 0 fully saturated rings. The first-order valence-corrected chi connectivity index (χ1v) is 6.61. The summed E-state index contributed by atoms with van der Waals surface area (Å²) in [4.78, 5) is 16.3. The maximum Gasteiger partial charge on any atom is 0.194 e. The number of nitrogens with zero attached hydrogens (tertiary/aromatic N) is 1. The molecule has 0 aliphatic heterocycles. The number of aromatic nitrogens is 1. The third-order valence-corrected chi connectivity index (χ3v) is 2.86. The van der Waals surface area contributed by atoms with Gasteiger partial charge in [-0.05, 0) is 30.7 Å². The van der Waals surface area contributed by atoms with Crippen LogP contribution in [0, 0.1) is 5.82 Å². The lowest BCUT2D eigenvalue weighted by atomic mass is 10.0. The normalized spacial score (nSPS) is 10.2. The Balaban J connectivity index is 2.25. The van der Waals surface area contributed by atoms with Gasteiger partial charge in [-0.15, -0.1) is 0 Å². The molecule has 2 aromatic rings. The van der Waals surface area contributed by atoms with Crippen LogP contribution < -0.4 is 9.47 Å². The lowest BCUT2D eigenvalue weighted by Gasteiger charge is -2.07. The molecule has 2 rings (SSSR count). The lowest BCUT2D eigenvalue weighted by Crippen LogP contribution is -2.04. The molecule has 110 valence electrons. The number of methoxy groups -OCH3 is 1. The van der Waals surface area contributed by atoms with Crippen LogP contribution in [0.1, 0.15) is 29.3 Å². The van der Waals surface area contributed by atoms with E-state index in [0.717, 1.165) is 12.5 Å². The van der Waals surface area contributed by atoms with Crippen molar-refractivity contribution in [1.29, 1.82) is 0 Å². The highest BCUT2D eigenvalue weighted by Gasteiger charge is 2.13. The van der Waals surface area contributed by atoms with Crippen molar-refractivity contribution in [2.45, 2.75) is 13.3 Å². The number of ether oxygens (including phenoxy) is 2. The number of hydrogen-bond acceptors (Lipinski definition) is 4. The van der Waals surface area contributed by atoms with Gasteiger partial charge in [-0.3, -0.25) is 9.78 Å². The molecule has 0 spiro atoms. The van der Waals surface area contributed by atoms with Crippen LogP contribution in [0.4, 0.5) is 4.39 Å². The molecule has 0 bridgehead atoms. The first-order valence-electron chi connectivity index (χ1n) is 6.61. The number of carbonyl (C=O) groups excluding carboxylic acids is 1. The Labute approximate surface area is 122 Å². The van der Waals surface area contributed by atoms with Crippen molar-refractivity contribution >= 4 is 5.78 Å². The van der Waals surface area contributed by atoms with Crippen molar-refractivity contribution in [3.8, 4) is 11.5 Å². The summed E-state index contributed by atoms with van der Waals surface area (Å²) in [5.74, 6) is -0.262. The Hall–Kier alpha value is -2.43. The average molecular weight is 289 g/mol. The highest BCUT2D eigenvalue weighted by molar-refractivity contribution is 6.09. The molecule has 0 aliphatic rings. The Bertz CT molecular complexity index is 643. The summed E-state index contributed by atoms with van der Waals surface area (Å²) >= 11 is 0. The molecule has 0 N–H and O–H groups in total. The highest BCUT2D eigenvalue weighted by atomic mass is 19.1. The van der Waals surface area contributed by atoms with E-state index < -0.39 is 5.82 Å². The molecular weight excluding hydrogens is 273 g/mol. The van der Waals surface area contributed by atoms with E-state index >= 15 is 0 Å². The molecule has 5 heteroatoms. The number of halogens is 1. The SMILES string of the molecule is CCCOc1cncc(C(=O)c2ccc(OC)c(F)c2)c1. The fourth-order valence-corrected chi connectivity index (χ4v) is 1.82. The number of rotatable bonds is 6. The number of ketones is 1. The minimum atomic E-state index is -0.574. The molecule has 1 aromatic heterocycles. The summed E-state index contributed by atoms with van der Waals surface area (Å²) in [7, 11) is 1.37. The van der Waals surface area contributed by atoms with Gasteiger partial charge in [0, 0.05) is 17.3 Å². The van der Waals surface area contributed by atoms with E-state index in [1.54, 1.807) is 12.3 Å². The zero-order chi connectivity index (χ0) is 15.2. The van der Waals surface area contributed by atoms with Crippen LogP contribution in [0.25, 0.3) is 0 Å². The van der Waals surface area contributed by atoms with Crippen molar-refractivity contribution in [3.05, 3.63) is 53.6 Å². The lowest BCUT2D eigenvalue weighted by molar-refractivity contribution is 0.103. The standard InChI is InChI=1S/C16H16FNO3/c1-3-6-21-13-7-12(9-18-10-13)16(19)11-4-5-15(20-2)14(17)8-11/h4-5,7-10H,3,6H2,1-2H3. The summed E-state index contributed by atoms with van der Waals surface area (Å²) in [6.45, 7) is 2.54. The molecule has 21 heavy (non-hydrogen) atoms. The number of carbonyl (C=O) groups is 1. The van der Waals surface area contributed by atoms with Gasteiger partial charge in [-0.25, -0.2) is 4.39 Å². The Morgan fingerprint density at radius 1 is 1.24 bits per heavy atom. The van der Waals surface area contributed by atoms with E-state index in [4.69, 9.17) is 9.47 Å². The van der Waals surface area contributed by atoms with E-state index in [-0.39, 0.29) is 17.1 Å². The fraction of sp³-hybridized carbons (Fsp3) is 0.250. The predicted molar refractivity (Wildman–Crippen MR) is 76.4 cm³/mol. The maximum absolute atomic E-state index is 13.7. The van der Waals surface area contributed by atoms with Gasteiger partial charge in [0.25, 0.3) is 0 Å². The quantitative estimate of drug-likeness (QED) is 0.766. The van der Waals surface area contributed by atoms with Gasteiger partial charge in [0.15, 0.2) is 17.3 Å². The minimum absolute atomic E-state index is 0.102. The Morgan fingerprint density at radius 3 is 2.71 bits per heavy atom. The third kappa shape index (κ3) is 3.56. The zero-order valence-electron chi connectivity index (χ0n) is 11.9. The molecule has 0 amide bonds. The van der Waals surface area contributed by atoms with Gasteiger partial charge in [0.2, 0.25) is 0 Å². The molecule has 0 radical (unpaired) electrons. The molecule has 4 nitrogen and oxygen atoms in total. The van der Waals surface area contributed by atoms with E-state index in [1.165, 1.54) is 25.4 Å². The Morgan fingerprint density at radius 2 is 2.05 bits per heavy atom. The van der Waals surface area contributed by atoms with E-state index in [2.05, 4.69) is 4.98 Å². The molecule has 0 saturated carbocycles. The summed E-state index contributed by atoms with van der Waals surface area (Å²) < 4.78 is 23.9. The van der Waals surface area contributed by atoms with Gasteiger partial charge in [0.1, 0.15) is 5.75 Å². The Kier molecular flexibility index (Phi) is 4.87. The van der Waals surface area contributed by atoms with Crippen molar-refractivity contribution < 1.29 is 18.7 Å². The van der Waals surface area contributed by atoms with Crippen LogP contribution in [-0.4, -0.2) is 24.5 Å². The molecular formula is C16H16FNO3. The zero-order valence-corrected chi connectivity index (χ0v) is 11.9. The predicted octanol–water partition coefficient (Wildman–Crippen LogP) is 3.25. The van der Waals surface area contributed by atoms with Crippen molar-refractivity contribution in [2.24, 2.45) is 0 Å². The molecule has 0 unspecified atom stereocenters. The van der Waals surface area contributed by atoms with Crippen LogP contribution in [0.15, 0.2) is 36.7 Å². The van der Waals surface area contributed by atoms with E-state index in [0.29, 0.717) is 17.9 Å². The number of hydrogen-bond donors (Lipinski definition) is 0. The molecule has 0 aliphatic carbocycles. The van der Waals surface area contributed by atoms with Gasteiger partial charge in [-0.1, -0.05) is 6.92 Å². The second-order valence-corrected chi connectivity index (χ2v) is 4.44. The fourth-order valence-electron chi connectivity index (χ4n) is 1.82. The molecule has 1 heterocycles. The average Bonchev–Trinajstić information content (AvgIpc) is 2.52. The monoisotopic (exact) mass is 289 g/mol. The van der Waals surface area contributed by atoms with Crippen molar-refractivity contribution in [1.82, 2.24) is 4.98 Å². The molecule has 0 saturated heterocycles.